The number of pyridine rings is 3. The van der Waals surface area contributed by atoms with E-state index in [0.717, 1.165) is 45.9 Å². The van der Waals surface area contributed by atoms with Crippen LogP contribution >= 0.6 is 0 Å². The van der Waals surface area contributed by atoms with Gasteiger partial charge in [0.15, 0.2) is 0 Å². The molecule has 2 aliphatic rings. The van der Waals surface area contributed by atoms with E-state index in [-0.39, 0.29) is 0 Å². The number of fused-ring (bicyclic) bond motifs is 14. The lowest BCUT2D eigenvalue weighted by Crippen LogP contribution is -1.94. The number of aromatic nitrogens is 4. The summed E-state index contributed by atoms with van der Waals surface area (Å²) in [7, 11) is 0. The molecule has 0 unspecified atom stereocenters. The molecule has 2 aliphatic carbocycles. The van der Waals surface area contributed by atoms with Crippen LogP contribution in [0.3, 0.4) is 0 Å². The maximum atomic E-state index is 5.06. The maximum absolute atomic E-state index is 5.06. The molecule has 0 aliphatic heterocycles. The van der Waals surface area contributed by atoms with Gasteiger partial charge < -0.3 is 0 Å². The van der Waals surface area contributed by atoms with E-state index < -0.39 is 0 Å². The van der Waals surface area contributed by atoms with E-state index in [2.05, 4.69) is 64.0 Å². The van der Waals surface area contributed by atoms with Crippen molar-refractivity contribution in [1.82, 2.24) is 19.4 Å². The second kappa shape index (κ2) is 6.10. The second-order valence-corrected chi connectivity index (χ2v) is 9.74. The summed E-state index contributed by atoms with van der Waals surface area (Å²) in [4.78, 5) is 14.3. The van der Waals surface area contributed by atoms with Crippen LogP contribution in [-0.2, 0) is 12.8 Å². The molecule has 3 aromatic carbocycles. The van der Waals surface area contributed by atoms with Crippen molar-refractivity contribution in [3.05, 3.63) is 108 Å². The molecule has 0 atom stereocenters. The molecule has 7 aromatic rings. The van der Waals surface area contributed by atoms with Crippen molar-refractivity contribution in [3.63, 3.8) is 0 Å². The van der Waals surface area contributed by atoms with Gasteiger partial charge in [0.2, 0.25) is 0 Å². The summed E-state index contributed by atoms with van der Waals surface area (Å²) in [5, 5.41) is 2.31. The molecular weight excluding hydrogens is 428 g/mol. The zero-order valence-corrected chi connectivity index (χ0v) is 18.8. The third-order valence-electron chi connectivity index (χ3n) is 7.91. The summed E-state index contributed by atoms with van der Waals surface area (Å²) < 4.78 is 2.22. The topological polar surface area (TPSA) is 43.1 Å². The Morgan fingerprint density at radius 1 is 0.629 bits per heavy atom. The van der Waals surface area contributed by atoms with Crippen LogP contribution in [0.4, 0.5) is 0 Å². The van der Waals surface area contributed by atoms with Gasteiger partial charge in [-0.05, 0) is 99.8 Å². The largest absolute Gasteiger partial charge is 0.289 e. The molecule has 4 heterocycles. The summed E-state index contributed by atoms with van der Waals surface area (Å²) in [6, 6.07) is 24.5. The third-order valence-corrected chi connectivity index (χ3v) is 7.91. The van der Waals surface area contributed by atoms with Crippen molar-refractivity contribution >= 4 is 38.5 Å². The van der Waals surface area contributed by atoms with Crippen LogP contribution < -0.4 is 0 Å². The standard InChI is InChI=1S/C31H18N4/c1-2-5-21-17(4-1)10-18-13-23-19(12-22(18)21)11-20-14-25-26(15-24(20)23)31-34-27-7-9-32-16-29(27)35(31)28-6-3-8-33-30(25)28/h1-9,12-16H,10-11H2. The molecule has 9 rings (SSSR count). The molecule has 0 N–H and O–H groups in total. The molecule has 0 spiro atoms. The summed E-state index contributed by atoms with van der Waals surface area (Å²) in [5.41, 5.74) is 16.1. The number of benzene rings is 3. The number of rotatable bonds is 0. The Morgan fingerprint density at radius 2 is 1.43 bits per heavy atom. The van der Waals surface area contributed by atoms with Crippen molar-refractivity contribution in [3.8, 4) is 22.3 Å². The van der Waals surface area contributed by atoms with Crippen molar-refractivity contribution < 1.29 is 0 Å². The molecule has 162 valence electrons. The zero-order chi connectivity index (χ0) is 22.7. The first kappa shape index (κ1) is 17.8. The van der Waals surface area contributed by atoms with Crippen LogP contribution in [-0.4, -0.2) is 19.4 Å². The summed E-state index contributed by atoms with van der Waals surface area (Å²) in [6.07, 6.45) is 7.56. The van der Waals surface area contributed by atoms with Crippen molar-refractivity contribution in [2.75, 3.05) is 0 Å². The minimum absolute atomic E-state index is 0.953. The average Bonchev–Trinajstić information content (AvgIpc) is 3.57. The van der Waals surface area contributed by atoms with E-state index in [1.807, 2.05) is 30.7 Å². The van der Waals surface area contributed by atoms with Crippen LogP contribution in [0, 0.1) is 0 Å². The van der Waals surface area contributed by atoms with Crippen LogP contribution in [0.5, 0.6) is 0 Å². The van der Waals surface area contributed by atoms with Gasteiger partial charge in [0, 0.05) is 23.2 Å². The first-order valence-corrected chi connectivity index (χ1v) is 12.0. The molecule has 35 heavy (non-hydrogen) atoms. The lowest BCUT2D eigenvalue weighted by atomic mass is 9.97. The van der Waals surface area contributed by atoms with Gasteiger partial charge in [0.25, 0.3) is 0 Å². The normalized spacial score (nSPS) is 13.5. The molecule has 0 saturated heterocycles. The molecule has 4 nitrogen and oxygen atoms in total. The quantitative estimate of drug-likeness (QED) is 0.243. The van der Waals surface area contributed by atoms with Gasteiger partial charge in [-0.15, -0.1) is 0 Å². The summed E-state index contributed by atoms with van der Waals surface area (Å²) in [6.45, 7) is 0. The first-order chi connectivity index (χ1) is 17.3. The Balaban J connectivity index is 1.37. The second-order valence-electron chi connectivity index (χ2n) is 9.74. The van der Waals surface area contributed by atoms with E-state index in [4.69, 9.17) is 9.97 Å². The van der Waals surface area contributed by atoms with Crippen molar-refractivity contribution in [2.45, 2.75) is 12.8 Å². The van der Waals surface area contributed by atoms with Gasteiger partial charge >= 0.3 is 0 Å². The van der Waals surface area contributed by atoms with Crippen LogP contribution in [0.15, 0.2) is 85.3 Å². The first-order valence-electron chi connectivity index (χ1n) is 12.0. The third kappa shape index (κ3) is 2.20. The van der Waals surface area contributed by atoms with E-state index in [0.29, 0.717) is 0 Å². The van der Waals surface area contributed by atoms with Crippen molar-refractivity contribution in [1.29, 1.82) is 0 Å². The number of hydrogen-bond donors (Lipinski definition) is 0. The molecule has 0 radical (unpaired) electrons. The highest BCUT2D eigenvalue weighted by Gasteiger charge is 2.26. The summed E-state index contributed by atoms with van der Waals surface area (Å²) in [5.74, 6) is 0. The molecular formula is C31H18N4. The summed E-state index contributed by atoms with van der Waals surface area (Å²) >= 11 is 0. The van der Waals surface area contributed by atoms with Gasteiger partial charge in [-0.25, -0.2) is 4.98 Å². The Hall–Kier alpha value is -4.57. The molecule has 0 fully saturated rings. The molecule has 4 heteroatoms. The molecule has 0 bridgehead atoms. The maximum Gasteiger partial charge on any atom is 0.146 e. The fourth-order valence-electron chi connectivity index (χ4n) is 6.39. The average molecular weight is 447 g/mol. The Kier molecular flexibility index (Phi) is 3.11. The lowest BCUT2D eigenvalue weighted by molar-refractivity contribution is 1.24. The van der Waals surface area contributed by atoms with E-state index >= 15 is 0 Å². The van der Waals surface area contributed by atoms with Crippen LogP contribution in [0.25, 0.3) is 60.7 Å². The van der Waals surface area contributed by atoms with Gasteiger partial charge in [0.05, 0.1) is 28.3 Å². The minimum atomic E-state index is 0.953. The highest BCUT2D eigenvalue weighted by atomic mass is 15.0. The predicted octanol–water partition coefficient (Wildman–Crippen LogP) is 6.73. The molecule has 0 saturated carbocycles. The van der Waals surface area contributed by atoms with Gasteiger partial charge in [0.1, 0.15) is 5.65 Å². The Bertz CT molecular complexity index is 2070. The molecule has 0 amide bonds. The van der Waals surface area contributed by atoms with Crippen LogP contribution in [0.2, 0.25) is 0 Å². The Morgan fingerprint density at radius 3 is 2.37 bits per heavy atom. The predicted molar refractivity (Wildman–Crippen MR) is 140 cm³/mol. The fraction of sp³-hybridized carbons (Fsp3) is 0.0645. The van der Waals surface area contributed by atoms with Crippen molar-refractivity contribution in [2.24, 2.45) is 0 Å². The number of nitrogens with zero attached hydrogens (tertiary/aromatic N) is 4. The monoisotopic (exact) mass is 446 g/mol. The Labute approximate surface area is 200 Å². The van der Waals surface area contributed by atoms with E-state index in [1.54, 1.807) is 0 Å². The zero-order valence-electron chi connectivity index (χ0n) is 18.8. The smallest absolute Gasteiger partial charge is 0.146 e. The minimum Gasteiger partial charge on any atom is -0.289 e. The lowest BCUT2D eigenvalue weighted by Gasteiger charge is -2.11. The SMILES string of the molecule is c1ccc2c(c1)Cc1cc3c(cc1-2)Cc1cc2c(cc1-3)c1nc3ccncc3n1c1cccnc21. The van der Waals surface area contributed by atoms with Gasteiger partial charge in [-0.1, -0.05) is 24.3 Å². The fourth-order valence-corrected chi connectivity index (χ4v) is 6.39. The van der Waals surface area contributed by atoms with Gasteiger partial charge in [-0.2, -0.15) is 0 Å². The van der Waals surface area contributed by atoms with E-state index in [1.165, 1.54) is 49.9 Å². The highest BCUT2D eigenvalue weighted by molar-refractivity contribution is 6.14. The van der Waals surface area contributed by atoms with E-state index in [9.17, 15) is 0 Å². The number of hydrogen-bond acceptors (Lipinski definition) is 3. The van der Waals surface area contributed by atoms with Gasteiger partial charge in [-0.3, -0.25) is 14.4 Å². The number of imidazole rings is 1. The highest BCUT2D eigenvalue weighted by Crippen LogP contribution is 2.46. The van der Waals surface area contributed by atoms with Crippen LogP contribution in [0.1, 0.15) is 22.3 Å². The molecule has 4 aromatic heterocycles.